The Morgan fingerprint density at radius 2 is 1.59 bits per heavy atom. The third-order valence-corrected chi connectivity index (χ3v) is 13.3. The van der Waals surface area contributed by atoms with Gasteiger partial charge in [-0.15, -0.1) is 0 Å². The Balaban J connectivity index is 1.48. The molecule has 12 atom stereocenters. The van der Waals surface area contributed by atoms with Gasteiger partial charge in [0.25, 0.3) is 0 Å². The molecular weight excluding hydrogens is 842 g/mol. The molecule has 2 bridgehead atoms. The van der Waals surface area contributed by atoms with Gasteiger partial charge in [0, 0.05) is 25.7 Å². The number of aliphatic hydroxyl groups is 2. The van der Waals surface area contributed by atoms with Gasteiger partial charge in [-0.1, -0.05) is 32.0 Å². The van der Waals surface area contributed by atoms with Crippen molar-refractivity contribution in [1.29, 1.82) is 0 Å². The van der Waals surface area contributed by atoms with Crippen LogP contribution in [0.3, 0.4) is 0 Å². The van der Waals surface area contributed by atoms with Crippen molar-refractivity contribution in [2.24, 2.45) is 16.7 Å². The summed E-state index contributed by atoms with van der Waals surface area (Å²) in [5.41, 5.74) is -12.0. The molecule has 64 heavy (non-hydrogen) atoms. The number of benzene rings is 1. The van der Waals surface area contributed by atoms with Crippen molar-refractivity contribution >= 4 is 41.9 Å². The van der Waals surface area contributed by atoms with Gasteiger partial charge in [-0.2, -0.15) is 0 Å². The summed E-state index contributed by atoms with van der Waals surface area (Å²) in [6, 6.07) is 8.84. The molecule has 0 radical (unpaired) electrons. The fourth-order valence-electron chi connectivity index (χ4n) is 10.5. The minimum atomic E-state index is -2.71. The molecule has 346 valence electrons. The minimum absolute atomic E-state index is 0.00826. The lowest BCUT2D eigenvalue weighted by Gasteiger charge is -2.67. The second kappa shape index (κ2) is 15.7. The number of hydrogen-bond donors (Lipinski definition) is 3. The van der Waals surface area contributed by atoms with E-state index in [0.29, 0.717) is 0 Å². The van der Waals surface area contributed by atoms with Crippen LogP contribution in [-0.4, -0.2) is 118 Å². The molecule has 19 heteroatoms. The maximum Gasteiger partial charge on any atom is 0.509 e. The maximum absolute atomic E-state index is 15.7. The Labute approximate surface area is 368 Å². The van der Waals surface area contributed by atoms with E-state index in [4.69, 9.17) is 42.3 Å². The molecule has 3 heterocycles. The molecule has 2 saturated carbocycles. The SMILES string of the molecule is CC(=O)O[C@H]1C(=O)[C@@]2(C)C(C(OC(=O)c3ccccc3)[C@]34OC(=O)O[C@H]3[C@H](OC(=O)[C@](C)(O)[C@@H](NC(=O)OC(C)(C)C)c3ccco3)C(C)=C1C4(C)C)[C@]1(OC(C)=O)CO[C@@H]1C[C@@H]2O. The second-order valence-corrected chi connectivity index (χ2v) is 18.9. The topological polar surface area (TPSA) is 259 Å². The number of aliphatic hydroxyl groups excluding tert-OH is 1. The van der Waals surface area contributed by atoms with Gasteiger partial charge >= 0.3 is 36.1 Å². The van der Waals surface area contributed by atoms with Crippen molar-refractivity contribution in [3.8, 4) is 0 Å². The molecule has 3 N–H and O–H groups in total. The number of carbonyl (C=O) groups is 7. The van der Waals surface area contributed by atoms with Crippen molar-refractivity contribution in [2.75, 3.05) is 6.61 Å². The third kappa shape index (κ3) is 7.11. The predicted octanol–water partition coefficient (Wildman–Crippen LogP) is 3.97. The van der Waals surface area contributed by atoms with Crippen LogP contribution in [0.15, 0.2) is 64.3 Å². The fraction of sp³-hybridized carbons (Fsp3) is 0.578. The highest BCUT2D eigenvalue weighted by Crippen LogP contribution is 2.67. The molecule has 19 nitrogen and oxygen atoms in total. The van der Waals surface area contributed by atoms with Gasteiger partial charge in [-0.25, -0.2) is 19.2 Å². The van der Waals surface area contributed by atoms with Crippen LogP contribution in [0.2, 0.25) is 0 Å². The summed E-state index contributed by atoms with van der Waals surface area (Å²) in [6.07, 6.45) is -11.7. The number of fused-ring (bicyclic) bond motifs is 4. The van der Waals surface area contributed by atoms with E-state index in [2.05, 4.69) is 5.32 Å². The van der Waals surface area contributed by atoms with Crippen LogP contribution in [-0.2, 0) is 57.1 Å². The first-order valence-electron chi connectivity index (χ1n) is 20.8. The fourth-order valence-corrected chi connectivity index (χ4v) is 10.5. The Bertz CT molecular complexity index is 2280. The highest BCUT2D eigenvalue weighted by molar-refractivity contribution is 5.96. The van der Waals surface area contributed by atoms with E-state index in [0.717, 1.165) is 20.8 Å². The van der Waals surface area contributed by atoms with Gasteiger partial charge in [0.15, 0.2) is 41.4 Å². The lowest BCUT2D eigenvalue weighted by molar-refractivity contribution is -0.345. The van der Waals surface area contributed by atoms with Gasteiger partial charge in [0.05, 0.1) is 35.9 Å². The number of carbonyl (C=O) groups excluding carboxylic acids is 7. The third-order valence-electron chi connectivity index (χ3n) is 13.3. The number of hydrogen-bond acceptors (Lipinski definition) is 18. The zero-order valence-electron chi connectivity index (χ0n) is 37.1. The zero-order valence-corrected chi connectivity index (χ0v) is 37.1. The van der Waals surface area contributed by atoms with E-state index >= 15 is 4.79 Å². The summed E-state index contributed by atoms with van der Waals surface area (Å²) in [5.74, 6) is -6.90. The Kier molecular flexibility index (Phi) is 11.4. The first-order chi connectivity index (χ1) is 29.7. The zero-order chi connectivity index (χ0) is 47.1. The molecule has 1 aromatic heterocycles. The minimum Gasteiger partial charge on any atom is -0.467 e. The molecule has 7 rings (SSSR count). The van der Waals surface area contributed by atoms with Gasteiger partial charge in [0.1, 0.15) is 23.5 Å². The van der Waals surface area contributed by atoms with E-state index in [1.165, 1.54) is 58.2 Å². The largest absolute Gasteiger partial charge is 0.509 e. The molecule has 5 aliphatic rings. The highest BCUT2D eigenvalue weighted by Gasteiger charge is 2.83. The molecule has 2 aromatic rings. The van der Waals surface area contributed by atoms with Gasteiger partial charge in [-0.3, -0.25) is 14.4 Å². The van der Waals surface area contributed by atoms with Crippen molar-refractivity contribution in [3.63, 3.8) is 0 Å². The normalized spacial score (nSPS) is 33.9. The van der Waals surface area contributed by atoms with Crippen molar-refractivity contribution in [2.45, 2.75) is 141 Å². The van der Waals surface area contributed by atoms with E-state index in [1.54, 1.807) is 39.0 Å². The van der Waals surface area contributed by atoms with E-state index < -0.39 is 124 Å². The van der Waals surface area contributed by atoms with Crippen LogP contribution in [0.25, 0.3) is 0 Å². The molecule has 3 aliphatic carbocycles. The van der Waals surface area contributed by atoms with Gasteiger partial charge in [0.2, 0.25) is 5.60 Å². The summed E-state index contributed by atoms with van der Waals surface area (Å²) in [6.45, 7) is 13.5. The van der Waals surface area contributed by atoms with Crippen LogP contribution < -0.4 is 5.32 Å². The monoisotopic (exact) mass is 895 g/mol. The van der Waals surface area contributed by atoms with E-state index in [1.807, 2.05) is 0 Å². The summed E-state index contributed by atoms with van der Waals surface area (Å²) in [5, 5.41) is 26.8. The summed E-state index contributed by atoms with van der Waals surface area (Å²) >= 11 is 0. The first kappa shape index (κ1) is 46.2. The Morgan fingerprint density at radius 1 is 0.922 bits per heavy atom. The highest BCUT2D eigenvalue weighted by atomic mass is 16.8. The summed E-state index contributed by atoms with van der Waals surface area (Å²) in [4.78, 5) is 98.2. The van der Waals surface area contributed by atoms with Crippen LogP contribution in [0.4, 0.5) is 9.59 Å². The van der Waals surface area contributed by atoms with Crippen LogP contribution in [0, 0.1) is 16.7 Å². The number of amides is 1. The number of alkyl carbamates (subject to hydrolysis) is 1. The molecule has 1 spiro atoms. The molecule has 1 aromatic carbocycles. The van der Waals surface area contributed by atoms with Crippen LogP contribution in [0.5, 0.6) is 0 Å². The van der Waals surface area contributed by atoms with E-state index in [9.17, 15) is 39.0 Å². The maximum atomic E-state index is 15.7. The molecule has 1 amide bonds. The van der Waals surface area contributed by atoms with Crippen molar-refractivity contribution in [1.82, 2.24) is 5.32 Å². The summed E-state index contributed by atoms with van der Waals surface area (Å²) < 4.78 is 53.8. The molecule has 2 aliphatic heterocycles. The molecular formula is C45H53NO18. The average Bonchev–Trinajstić information content (AvgIpc) is 3.86. The van der Waals surface area contributed by atoms with Crippen LogP contribution >= 0.6 is 0 Å². The average molecular weight is 896 g/mol. The first-order valence-corrected chi connectivity index (χ1v) is 20.8. The van der Waals surface area contributed by atoms with Crippen molar-refractivity contribution < 1.29 is 86.1 Å². The number of Topliss-reactive ketones (excluding diaryl/α,β-unsaturated/α-hetero) is 1. The lowest BCUT2D eigenvalue weighted by Crippen LogP contribution is -2.83. The number of rotatable bonds is 9. The molecule has 2 saturated heterocycles. The van der Waals surface area contributed by atoms with E-state index in [-0.39, 0.29) is 35.5 Å². The summed E-state index contributed by atoms with van der Waals surface area (Å²) in [7, 11) is 0. The number of esters is 4. The molecule has 4 fully saturated rings. The quantitative estimate of drug-likeness (QED) is 0.183. The number of ketones is 1. The Hall–Kier alpha value is -5.79. The smallest absolute Gasteiger partial charge is 0.467 e. The standard InChI is InChI=1S/C45H53NO18/c1-21-28-30(58-22(2)47)33(50)42(9)26(49)19-27-44(20-57-27,62-23(3)48)31(42)35(60-36(51)24-15-12-11-13-16-24)45(41(28,7)8)34(61-39(54)64-45)29(21)59-37(52)43(10,55)32(25-17-14-18-56-25)46-38(53)63-40(4,5)6/h11-18,26-27,29-32,34-35,49,55H,19-20H2,1-10H3,(H,46,53)/t26-,27+,29+,30+,31?,32-,34-,35?,42+,43+,44-,45+/m0/s1. The number of nitrogens with one attached hydrogen (secondary N) is 1. The van der Waals surface area contributed by atoms with Gasteiger partial charge < -0.3 is 57.8 Å². The van der Waals surface area contributed by atoms with Crippen LogP contribution in [0.1, 0.15) is 97.8 Å². The number of furan rings is 1. The number of ether oxygens (including phenoxy) is 8. The molecule has 2 unspecified atom stereocenters. The lowest BCUT2D eigenvalue weighted by atomic mass is 9.44. The van der Waals surface area contributed by atoms with Crippen molar-refractivity contribution in [3.05, 3.63) is 71.2 Å². The second-order valence-electron chi connectivity index (χ2n) is 18.9. The Morgan fingerprint density at radius 3 is 2.16 bits per heavy atom. The van der Waals surface area contributed by atoms with Gasteiger partial charge in [-0.05, 0) is 77.0 Å². The predicted molar refractivity (Wildman–Crippen MR) is 215 cm³/mol.